The van der Waals surface area contributed by atoms with Crippen LogP contribution in [0.4, 0.5) is 11.5 Å². The minimum absolute atomic E-state index is 0.0944. The summed E-state index contributed by atoms with van der Waals surface area (Å²) in [6, 6.07) is 6.52. The lowest BCUT2D eigenvalue weighted by Gasteiger charge is -2.17. The van der Waals surface area contributed by atoms with Crippen molar-refractivity contribution in [3.8, 4) is 5.75 Å². The zero-order chi connectivity index (χ0) is 18.9. The van der Waals surface area contributed by atoms with E-state index in [1.807, 2.05) is 0 Å². The number of aromatic nitrogens is 2. The van der Waals surface area contributed by atoms with Crippen LogP contribution in [-0.2, 0) is 10.0 Å². The predicted octanol–water partition coefficient (Wildman–Crippen LogP) is 3.40. The van der Waals surface area contributed by atoms with E-state index in [4.69, 9.17) is 16.3 Å². The Kier molecular flexibility index (Phi) is 5.36. The second kappa shape index (κ2) is 7.38. The maximum Gasteiger partial charge on any atom is 0.246 e. The number of sulfonamides is 1. The minimum atomic E-state index is -3.65. The first-order valence-corrected chi connectivity index (χ1v) is 10.1. The second-order valence-electron chi connectivity index (χ2n) is 6.22. The molecule has 1 saturated carbocycles. The summed E-state index contributed by atoms with van der Waals surface area (Å²) in [6.07, 6.45) is 2.13. The van der Waals surface area contributed by atoms with Crippen molar-refractivity contribution < 1.29 is 13.2 Å². The Bertz CT molecular complexity index is 914. The molecule has 0 amide bonds. The van der Waals surface area contributed by atoms with Gasteiger partial charge in [0.2, 0.25) is 10.0 Å². The second-order valence-corrected chi connectivity index (χ2v) is 8.72. The van der Waals surface area contributed by atoms with Crippen LogP contribution in [0.1, 0.15) is 31.5 Å². The number of rotatable bonds is 7. The Hall–Kier alpha value is -1.90. The molecule has 1 aromatic heterocycles. The largest absolute Gasteiger partial charge is 0.492 e. The highest BCUT2D eigenvalue weighted by Gasteiger charge is 2.27. The van der Waals surface area contributed by atoms with E-state index in [1.165, 1.54) is 20.2 Å². The summed E-state index contributed by atoms with van der Waals surface area (Å²) in [4.78, 5) is 8.82. The molecule has 1 N–H and O–H groups in total. The molecule has 26 heavy (non-hydrogen) atoms. The Morgan fingerprint density at radius 2 is 2.00 bits per heavy atom. The quantitative estimate of drug-likeness (QED) is 0.722. The standard InChI is InChI=1S/C17H21ClN4O3S/c1-4-25-13-8-7-12(9-14(13)26(23,24)22(2)3)19-16-10-15(18)20-17(21-16)11-5-6-11/h7-11H,4-6H2,1-3H3,(H,19,20,21). The number of anilines is 2. The molecule has 0 aliphatic heterocycles. The lowest BCUT2D eigenvalue weighted by Crippen LogP contribution is -2.23. The van der Waals surface area contributed by atoms with Gasteiger partial charge in [-0.25, -0.2) is 22.7 Å². The van der Waals surface area contributed by atoms with Gasteiger partial charge in [-0.15, -0.1) is 0 Å². The van der Waals surface area contributed by atoms with Crippen molar-refractivity contribution in [2.45, 2.75) is 30.6 Å². The van der Waals surface area contributed by atoms with Gasteiger partial charge in [-0.2, -0.15) is 0 Å². The lowest BCUT2D eigenvalue weighted by atomic mass is 10.3. The van der Waals surface area contributed by atoms with E-state index in [9.17, 15) is 8.42 Å². The van der Waals surface area contributed by atoms with Gasteiger partial charge < -0.3 is 10.1 Å². The van der Waals surface area contributed by atoms with E-state index in [-0.39, 0.29) is 4.90 Å². The Morgan fingerprint density at radius 1 is 1.27 bits per heavy atom. The summed E-state index contributed by atoms with van der Waals surface area (Å²) in [5, 5.41) is 3.47. The van der Waals surface area contributed by atoms with Crippen LogP contribution in [0, 0.1) is 0 Å². The van der Waals surface area contributed by atoms with E-state index in [0.29, 0.717) is 40.8 Å². The van der Waals surface area contributed by atoms with E-state index < -0.39 is 10.0 Å². The van der Waals surface area contributed by atoms with Crippen molar-refractivity contribution >= 4 is 33.1 Å². The van der Waals surface area contributed by atoms with Crippen LogP contribution in [0.3, 0.4) is 0 Å². The lowest BCUT2D eigenvalue weighted by molar-refractivity contribution is 0.330. The van der Waals surface area contributed by atoms with Gasteiger partial charge in [-0.05, 0) is 38.0 Å². The smallest absolute Gasteiger partial charge is 0.246 e. The number of nitrogens with one attached hydrogen (secondary N) is 1. The van der Waals surface area contributed by atoms with Gasteiger partial charge in [-0.1, -0.05) is 11.6 Å². The molecule has 0 spiro atoms. The maximum absolute atomic E-state index is 12.6. The first kappa shape index (κ1) is 18.9. The van der Waals surface area contributed by atoms with E-state index >= 15 is 0 Å². The fourth-order valence-electron chi connectivity index (χ4n) is 2.43. The van der Waals surface area contributed by atoms with Crippen molar-refractivity contribution in [1.29, 1.82) is 0 Å². The van der Waals surface area contributed by atoms with Crippen molar-refractivity contribution in [3.63, 3.8) is 0 Å². The molecule has 2 aromatic rings. The summed E-state index contributed by atoms with van der Waals surface area (Å²) in [6.45, 7) is 2.18. The maximum atomic E-state index is 12.6. The summed E-state index contributed by atoms with van der Waals surface area (Å²) in [7, 11) is -0.688. The monoisotopic (exact) mass is 396 g/mol. The van der Waals surface area contributed by atoms with E-state index in [0.717, 1.165) is 17.1 Å². The Balaban J connectivity index is 1.96. The molecule has 0 saturated heterocycles. The van der Waals surface area contributed by atoms with Crippen molar-refractivity contribution in [3.05, 3.63) is 35.2 Å². The van der Waals surface area contributed by atoms with E-state index in [1.54, 1.807) is 25.1 Å². The topological polar surface area (TPSA) is 84.4 Å². The fourth-order valence-corrected chi connectivity index (χ4v) is 3.67. The van der Waals surface area contributed by atoms with Crippen LogP contribution in [0.2, 0.25) is 5.15 Å². The van der Waals surface area contributed by atoms with Crippen molar-refractivity contribution in [1.82, 2.24) is 14.3 Å². The van der Waals surface area contributed by atoms with Crippen LogP contribution in [0.25, 0.3) is 0 Å². The molecule has 140 valence electrons. The van der Waals surface area contributed by atoms with Crippen LogP contribution in [-0.4, -0.2) is 43.4 Å². The highest BCUT2D eigenvalue weighted by Crippen LogP contribution is 2.39. The number of nitrogens with zero attached hydrogens (tertiary/aromatic N) is 3. The fraction of sp³-hybridized carbons (Fsp3) is 0.412. The number of halogens is 1. The van der Waals surface area contributed by atoms with Gasteiger partial charge in [0.1, 0.15) is 27.4 Å². The molecule has 1 heterocycles. The van der Waals surface area contributed by atoms with Crippen LogP contribution in [0.15, 0.2) is 29.2 Å². The number of benzene rings is 1. The molecule has 0 unspecified atom stereocenters. The molecule has 0 atom stereocenters. The third-order valence-corrected chi connectivity index (χ3v) is 5.96. The van der Waals surface area contributed by atoms with Crippen molar-refractivity contribution in [2.24, 2.45) is 0 Å². The Morgan fingerprint density at radius 3 is 2.62 bits per heavy atom. The summed E-state index contributed by atoms with van der Waals surface area (Å²) in [5.74, 6) is 1.92. The zero-order valence-electron chi connectivity index (χ0n) is 14.9. The normalized spacial score (nSPS) is 14.5. The number of hydrogen-bond acceptors (Lipinski definition) is 6. The highest BCUT2D eigenvalue weighted by molar-refractivity contribution is 7.89. The highest BCUT2D eigenvalue weighted by atomic mass is 35.5. The van der Waals surface area contributed by atoms with Crippen LogP contribution >= 0.6 is 11.6 Å². The van der Waals surface area contributed by atoms with Gasteiger partial charge in [0, 0.05) is 31.8 Å². The molecule has 7 nitrogen and oxygen atoms in total. The molecule has 3 rings (SSSR count). The van der Waals surface area contributed by atoms with Gasteiger partial charge in [-0.3, -0.25) is 0 Å². The van der Waals surface area contributed by atoms with Gasteiger partial charge in [0.25, 0.3) is 0 Å². The predicted molar refractivity (Wildman–Crippen MR) is 101 cm³/mol. The molecule has 9 heteroatoms. The average molecular weight is 397 g/mol. The molecule has 0 radical (unpaired) electrons. The SMILES string of the molecule is CCOc1ccc(Nc2cc(Cl)nc(C3CC3)n2)cc1S(=O)(=O)N(C)C. The van der Waals surface area contributed by atoms with Crippen LogP contribution < -0.4 is 10.1 Å². The van der Waals surface area contributed by atoms with Gasteiger partial charge in [0.15, 0.2) is 0 Å². The van der Waals surface area contributed by atoms with Crippen molar-refractivity contribution in [2.75, 3.05) is 26.0 Å². The van der Waals surface area contributed by atoms with Gasteiger partial charge >= 0.3 is 0 Å². The van der Waals surface area contributed by atoms with Gasteiger partial charge in [0.05, 0.1) is 6.61 Å². The molecule has 1 aliphatic carbocycles. The number of ether oxygens (including phenoxy) is 1. The third kappa shape index (κ3) is 4.08. The summed E-state index contributed by atoms with van der Waals surface area (Å²) < 4.78 is 31.8. The third-order valence-electron chi connectivity index (χ3n) is 3.93. The van der Waals surface area contributed by atoms with Crippen LogP contribution in [0.5, 0.6) is 5.75 Å². The first-order valence-electron chi connectivity index (χ1n) is 8.32. The minimum Gasteiger partial charge on any atom is -0.492 e. The molecule has 1 aliphatic rings. The molecule has 1 fully saturated rings. The molecule has 0 bridgehead atoms. The molecule has 1 aromatic carbocycles. The molecular formula is C17H21ClN4O3S. The molecular weight excluding hydrogens is 376 g/mol. The average Bonchev–Trinajstić information content (AvgIpc) is 3.40. The zero-order valence-corrected chi connectivity index (χ0v) is 16.4. The summed E-state index contributed by atoms with van der Waals surface area (Å²) >= 11 is 6.09. The Labute approximate surface area is 158 Å². The number of hydrogen-bond donors (Lipinski definition) is 1. The van der Waals surface area contributed by atoms with E-state index in [2.05, 4.69) is 15.3 Å². The summed E-state index contributed by atoms with van der Waals surface area (Å²) in [5.41, 5.74) is 0.574. The first-order chi connectivity index (χ1) is 12.3.